The van der Waals surface area contributed by atoms with Crippen molar-refractivity contribution < 1.29 is 27.9 Å². The van der Waals surface area contributed by atoms with Gasteiger partial charge in [-0.1, -0.05) is 19.9 Å². The third-order valence-electron chi connectivity index (χ3n) is 3.77. The first-order valence-corrected chi connectivity index (χ1v) is 9.38. The van der Waals surface area contributed by atoms with Gasteiger partial charge in [-0.05, 0) is 35.6 Å². The number of sulfonamides is 1. The van der Waals surface area contributed by atoms with Gasteiger partial charge >= 0.3 is 5.97 Å². The van der Waals surface area contributed by atoms with Gasteiger partial charge < -0.3 is 15.2 Å². The fourth-order valence-electron chi connectivity index (χ4n) is 2.50. The number of hydrogen-bond donors (Lipinski definition) is 3. The number of hydrogen-bond acceptors (Lipinski definition) is 5. The monoisotopic (exact) mass is 370 g/mol. The molecular formula is C16H22N2O6S. The number of nitrogens with one attached hydrogen (secondary N) is 2. The van der Waals surface area contributed by atoms with E-state index < -0.39 is 34.5 Å². The minimum atomic E-state index is -3.87. The van der Waals surface area contributed by atoms with Gasteiger partial charge in [-0.2, -0.15) is 0 Å². The molecule has 0 bridgehead atoms. The minimum Gasteiger partial charge on any atom is -0.480 e. The highest BCUT2D eigenvalue weighted by molar-refractivity contribution is 7.89. The Morgan fingerprint density at radius 1 is 1.24 bits per heavy atom. The normalized spacial score (nSPS) is 15.0. The van der Waals surface area contributed by atoms with Crippen LogP contribution < -0.4 is 10.0 Å². The molecule has 1 amide bonds. The lowest BCUT2D eigenvalue weighted by Gasteiger charge is -2.16. The molecule has 1 aromatic rings. The molecule has 1 aromatic carbocycles. The van der Waals surface area contributed by atoms with Gasteiger partial charge in [0, 0.05) is 0 Å². The molecule has 0 saturated heterocycles. The van der Waals surface area contributed by atoms with E-state index in [1.54, 1.807) is 6.07 Å². The first-order valence-electron chi connectivity index (χ1n) is 7.90. The van der Waals surface area contributed by atoms with E-state index >= 15 is 0 Å². The summed E-state index contributed by atoms with van der Waals surface area (Å²) >= 11 is 0. The van der Waals surface area contributed by atoms with E-state index in [9.17, 15) is 18.0 Å². The molecule has 1 aliphatic rings. The number of carbonyl (C=O) groups excluding carboxylic acids is 1. The molecule has 3 N–H and O–H groups in total. The zero-order valence-electron chi connectivity index (χ0n) is 14.1. The van der Waals surface area contributed by atoms with Gasteiger partial charge in [-0.15, -0.1) is 0 Å². The predicted molar refractivity (Wildman–Crippen MR) is 89.1 cm³/mol. The van der Waals surface area contributed by atoms with E-state index in [2.05, 4.69) is 10.0 Å². The number of carbonyl (C=O) groups is 2. The van der Waals surface area contributed by atoms with Crippen LogP contribution in [0.25, 0.3) is 0 Å². The SMILES string of the molecule is CC(C)C[C@@H](NC(=O)CNS(=O)(=O)c1ccc2c(c1)COC2)C(=O)O. The zero-order valence-corrected chi connectivity index (χ0v) is 14.9. The van der Waals surface area contributed by atoms with Crippen LogP contribution in [0.15, 0.2) is 23.1 Å². The summed E-state index contributed by atoms with van der Waals surface area (Å²) in [6, 6.07) is 3.60. The second kappa shape index (κ2) is 7.94. The van der Waals surface area contributed by atoms with Crippen molar-refractivity contribution in [2.45, 2.75) is 44.4 Å². The molecule has 0 unspecified atom stereocenters. The van der Waals surface area contributed by atoms with E-state index in [0.29, 0.717) is 13.2 Å². The van der Waals surface area contributed by atoms with Crippen molar-refractivity contribution in [1.82, 2.24) is 10.0 Å². The van der Waals surface area contributed by atoms with Crippen LogP contribution in [-0.2, 0) is 37.6 Å². The molecule has 1 atom stereocenters. The summed E-state index contributed by atoms with van der Waals surface area (Å²) in [4.78, 5) is 23.1. The third kappa shape index (κ3) is 5.25. The number of benzene rings is 1. The Labute approximate surface area is 146 Å². The van der Waals surface area contributed by atoms with E-state index in [1.807, 2.05) is 13.8 Å². The maximum absolute atomic E-state index is 12.3. The highest BCUT2D eigenvalue weighted by Gasteiger charge is 2.23. The van der Waals surface area contributed by atoms with Gasteiger partial charge in [0.15, 0.2) is 0 Å². The summed E-state index contributed by atoms with van der Waals surface area (Å²) in [5.41, 5.74) is 1.74. The van der Waals surface area contributed by atoms with Crippen molar-refractivity contribution in [2.24, 2.45) is 5.92 Å². The summed E-state index contributed by atoms with van der Waals surface area (Å²) in [6.45, 7) is 3.95. The van der Waals surface area contributed by atoms with E-state index in [-0.39, 0.29) is 17.2 Å². The molecular weight excluding hydrogens is 348 g/mol. The first-order chi connectivity index (χ1) is 11.7. The van der Waals surface area contributed by atoms with Gasteiger partial charge in [0.25, 0.3) is 0 Å². The number of aliphatic carboxylic acids is 1. The fourth-order valence-corrected chi connectivity index (χ4v) is 3.53. The van der Waals surface area contributed by atoms with E-state index in [1.165, 1.54) is 12.1 Å². The van der Waals surface area contributed by atoms with Crippen molar-refractivity contribution in [3.8, 4) is 0 Å². The summed E-state index contributed by atoms with van der Waals surface area (Å²) in [7, 11) is -3.87. The summed E-state index contributed by atoms with van der Waals surface area (Å²) in [5, 5.41) is 11.4. The maximum atomic E-state index is 12.3. The molecule has 8 nitrogen and oxygen atoms in total. The molecule has 138 valence electrons. The number of carboxylic acids is 1. The average molecular weight is 370 g/mol. The summed E-state index contributed by atoms with van der Waals surface area (Å²) in [5.74, 6) is -1.77. The van der Waals surface area contributed by atoms with Gasteiger partial charge in [-0.3, -0.25) is 4.79 Å². The zero-order chi connectivity index (χ0) is 18.6. The lowest BCUT2D eigenvalue weighted by atomic mass is 10.0. The molecule has 0 saturated carbocycles. The lowest BCUT2D eigenvalue weighted by molar-refractivity contribution is -0.142. The van der Waals surface area contributed by atoms with Gasteiger partial charge in [0.2, 0.25) is 15.9 Å². The number of rotatable bonds is 8. The molecule has 0 fully saturated rings. The molecule has 0 radical (unpaired) electrons. The summed E-state index contributed by atoms with van der Waals surface area (Å²) in [6.07, 6.45) is 0.263. The smallest absolute Gasteiger partial charge is 0.326 e. The Hall–Kier alpha value is -1.97. The highest BCUT2D eigenvalue weighted by Crippen LogP contribution is 2.22. The van der Waals surface area contributed by atoms with Crippen LogP contribution in [0.5, 0.6) is 0 Å². The van der Waals surface area contributed by atoms with Crippen LogP contribution in [-0.4, -0.2) is 38.0 Å². The Morgan fingerprint density at radius 2 is 1.92 bits per heavy atom. The first kappa shape index (κ1) is 19.4. The maximum Gasteiger partial charge on any atom is 0.326 e. The molecule has 1 aliphatic heterocycles. The van der Waals surface area contributed by atoms with Crippen molar-refractivity contribution in [1.29, 1.82) is 0 Å². The van der Waals surface area contributed by atoms with Gasteiger partial charge in [-0.25, -0.2) is 17.9 Å². The van der Waals surface area contributed by atoms with Gasteiger partial charge in [0.05, 0.1) is 24.7 Å². The molecule has 2 rings (SSSR count). The van der Waals surface area contributed by atoms with Crippen LogP contribution in [0, 0.1) is 5.92 Å². The Balaban J connectivity index is 1.97. The minimum absolute atomic E-state index is 0.0431. The Morgan fingerprint density at radius 3 is 2.56 bits per heavy atom. The van der Waals surface area contributed by atoms with Gasteiger partial charge in [0.1, 0.15) is 6.04 Å². The molecule has 1 heterocycles. The van der Waals surface area contributed by atoms with Crippen LogP contribution in [0.1, 0.15) is 31.4 Å². The van der Waals surface area contributed by atoms with Crippen LogP contribution in [0.4, 0.5) is 0 Å². The lowest BCUT2D eigenvalue weighted by Crippen LogP contribution is -2.46. The predicted octanol–water partition coefficient (Wildman–Crippen LogP) is 0.611. The number of fused-ring (bicyclic) bond motifs is 1. The van der Waals surface area contributed by atoms with E-state index in [4.69, 9.17) is 9.84 Å². The third-order valence-corrected chi connectivity index (χ3v) is 5.17. The van der Waals surface area contributed by atoms with Crippen molar-refractivity contribution in [3.63, 3.8) is 0 Å². The second-order valence-corrected chi connectivity index (χ2v) is 8.10. The largest absolute Gasteiger partial charge is 0.480 e. The molecule has 0 spiro atoms. The van der Waals surface area contributed by atoms with E-state index in [0.717, 1.165) is 11.1 Å². The molecule has 9 heteroatoms. The number of amides is 1. The van der Waals surface area contributed by atoms with Crippen molar-refractivity contribution in [2.75, 3.05) is 6.54 Å². The molecule has 0 aliphatic carbocycles. The molecule has 25 heavy (non-hydrogen) atoms. The molecule has 0 aromatic heterocycles. The number of carboxylic acid groups (broad SMARTS) is 1. The van der Waals surface area contributed by atoms with Crippen LogP contribution >= 0.6 is 0 Å². The Bertz CT molecular complexity index is 760. The number of ether oxygens (including phenoxy) is 1. The second-order valence-electron chi connectivity index (χ2n) is 6.34. The average Bonchev–Trinajstić information content (AvgIpc) is 2.99. The topological polar surface area (TPSA) is 122 Å². The standard InChI is InChI=1S/C16H22N2O6S/c1-10(2)5-14(16(20)21)18-15(19)7-17-25(22,23)13-4-3-11-8-24-9-12(11)6-13/h3-4,6,10,14,17H,5,7-9H2,1-2H3,(H,18,19)(H,20,21)/t14-/m1/s1. The van der Waals surface area contributed by atoms with Crippen molar-refractivity contribution in [3.05, 3.63) is 29.3 Å². The van der Waals surface area contributed by atoms with Crippen molar-refractivity contribution >= 4 is 21.9 Å². The fraction of sp³-hybridized carbons (Fsp3) is 0.500. The highest BCUT2D eigenvalue weighted by atomic mass is 32.2. The van der Waals surface area contributed by atoms with Crippen LogP contribution in [0.2, 0.25) is 0 Å². The Kier molecular flexibility index (Phi) is 6.15. The summed E-state index contributed by atoms with van der Waals surface area (Å²) < 4.78 is 32.0. The quantitative estimate of drug-likeness (QED) is 0.616. The van der Waals surface area contributed by atoms with Crippen LogP contribution in [0.3, 0.4) is 0 Å².